The molecule has 9 heteroatoms. The molecule has 124 valence electrons. The van der Waals surface area contributed by atoms with Crippen LogP contribution in [0, 0.1) is 11.3 Å². The molecular weight excluding hydrogens is 344 g/mol. The largest absolute Gasteiger partial charge is 0.478 e. The number of carboxylic acid groups (broad SMARTS) is 1. The van der Waals surface area contributed by atoms with Crippen molar-refractivity contribution in [3.05, 3.63) is 53.4 Å². The van der Waals surface area contributed by atoms with E-state index in [2.05, 4.69) is 20.4 Å². The minimum Gasteiger partial charge on any atom is -0.478 e. The minimum atomic E-state index is -1.00. The molecule has 25 heavy (non-hydrogen) atoms. The molecule has 0 unspecified atom stereocenters. The molecular formula is C16H11ClN6O2. The summed E-state index contributed by atoms with van der Waals surface area (Å²) >= 11 is 6.16. The maximum atomic E-state index is 10.9. The van der Waals surface area contributed by atoms with Gasteiger partial charge in [-0.2, -0.15) is 10.4 Å². The fraction of sp³-hybridized carbons (Fsp3) is 0.0625. The van der Waals surface area contributed by atoms with Crippen LogP contribution in [0.2, 0.25) is 5.02 Å². The Balaban J connectivity index is 1.87. The van der Waals surface area contributed by atoms with Crippen LogP contribution in [0.3, 0.4) is 0 Å². The summed E-state index contributed by atoms with van der Waals surface area (Å²) in [5.41, 5.74) is 1.95. The standard InChI is InChI=1S/C16H11ClN6O2/c17-13-8-19-16(21-12-7-20-23(9-12)6-5-18)22-14(13)10-1-3-11(4-2-10)15(24)25/h1-4,7-9H,6H2,(H,24,25)(H,19,21,22). The molecule has 3 aromatic rings. The van der Waals surface area contributed by atoms with E-state index in [-0.39, 0.29) is 12.1 Å². The number of halogens is 1. The van der Waals surface area contributed by atoms with Crippen LogP contribution in [-0.4, -0.2) is 30.8 Å². The van der Waals surface area contributed by atoms with Crippen LogP contribution in [0.25, 0.3) is 11.3 Å². The quantitative estimate of drug-likeness (QED) is 0.723. The van der Waals surface area contributed by atoms with E-state index in [0.717, 1.165) is 0 Å². The number of hydrogen-bond acceptors (Lipinski definition) is 6. The van der Waals surface area contributed by atoms with Crippen molar-refractivity contribution in [2.24, 2.45) is 0 Å². The molecule has 0 aliphatic carbocycles. The lowest BCUT2D eigenvalue weighted by Crippen LogP contribution is -1.99. The van der Waals surface area contributed by atoms with Gasteiger partial charge in [-0.15, -0.1) is 0 Å². The molecule has 2 N–H and O–H groups in total. The average Bonchev–Trinajstić information content (AvgIpc) is 3.04. The number of aromatic carboxylic acids is 1. The Bertz CT molecular complexity index is 962. The van der Waals surface area contributed by atoms with Crippen LogP contribution in [0.4, 0.5) is 11.6 Å². The molecule has 8 nitrogen and oxygen atoms in total. The number of carbonyl (C=O) groups is 1. The smallest absolute Gasteiger partial charge is 0.335 e. The average molecular weight is 355 g/mol. The molecule has 0 saturated carbocycles. The molecule has 2 aromatic heterocycles. The second-order valence-electron chi connectivity index (χ2n) is 4.98. The number of anilines is 2. The van der Waals surface area contributed by atoms with E-state index in [4.69, 9.17) is 22.0 Å². The Morgan fingerprint density at radius 3 is 2.76 bits per heavy atom. The highest BCUT2D eigenvalue weighted by atomic mass is 35.5. The van der Waals surface area contributed by atoms with E-state index in [1.165, 1.54) is 23.0 Å². The van der Waals surface area contributed by atoms with E-state index in [0.29, 0.717) is 27.9 Å². The van der Waals surface area contributed by atoms with Crippen molar-refractivity contribution in [3.63, 3.8) is 0 Å². The minimum absolute atomic E-state index is 0.143. The van der Waals surface area contributed by atoms with Gasteiger partial charge < -0.3 is 10.4 Å². The Morgan fingerprint density at radius 1 is 1.32 bits per heavy atom. The third-order valence-corrected chi connectivity index (χ3v) is 3.55. The number of nitrogens with zero attached hydrogens (tertiary/aromatic N) is 5. The fourth-order valence-electron chi connectivity index (χ4n) is 2.12. The van der Waals surface area contributed by atoms with Crippen LogP contribution in [0.1, 0.15) is 10.4 Å². The number of nitrogens with one attached hydrogen (secondary N) is 1. The van der Waals surface area contributed by atoms with Crippen molar-refractivity contribution < 1.29 is 9.90 Å². The number of benzene rings is 1. The van der Waals surface area contributed by atoms with Crippen LogP contribution in [-0.2, 0) is 6.54 Å². The van der Waals surface area contributed by atoms with Gasteiger partial charge in [0.05, 0.1) is 40.4 Å². The Hall–Kier alpha value is -3.44. The summed E-state index contributed by atoms with van der Waals surface area (Å²) in [6, 6.07) is 8.22. The molecule has 1 aromatic carbocycles. The van der Waals surface area contributed by atoms with E-state index < -0.39 is 5.97 Å². The first-order chi connectivity index (χ1) is 12.1. The zero-order valence-corrected chi connectivity index (χ0v) is 13.5. The Labute approximate surface area is 147 Å². The summed E-state index contributed by atoms with van der Waals surface area (Å²) in [6.07, 6.45) is 4.66. The number of carboxylic acids is 1. The van der Waals surface area contributed by atoms with Crippen molar-refractivity contribution in [1.82, 2.24) is 19.7 Å². The maximum Gasteiger partial charge on any atom is 0.335 e. The van der Waals surface area contributed by atoms with Crippen LogP contribution < -0.4 is 5.32 Å². The molecule has 0 radical (unpaired) electrons. The first-order valence-corrected chi connectivity index (χ1v) is 7.47. The van der Waals surface area contributed by atoms with Gasteiger partial charge in [0.2, 0.25) is 5.95 Å². The topological polar surface area (TPSA) is 117 Å². The molecule has 0 saturated heterocycles. The highest BCUT2D eigenvalue weighted by Crippen LogP contribution is 2.27. The summed E-state index contributed by atoms with van der Waals surface area (Å²) in [5.74, 6) is -0.699. The van der Waals surface area contributed by atoms with Crippen molar-refractivity contribution in [2.45, 2.75) is 6.54 Å². The van der Waals surface area contributed by atoms with Crippen molar-refractivity contribution in [2.75, 3.05) is 5.32 Å². The van der Waals surface area contributed by atoms with Gasteiger partial charge in [-0.25, -0.2) is 14.8 Å². The third-order valence-electron chi connectivity index (χ3n) is 3.27. The zero-order valence-electron chi connectivity index (χ0n) is 12.7. The van der Waals surface area contributed by atoms with E-state index in [1.807, 2.05) is 6.07 Å². The van der Waals surface area contributed by atoms with Crippen molar-refractivity contribution in [1.29, 1.82) is 5.26 Å². The highest BCUT2D eigenvalue weighted by molar-refractivity contribution is 6.32. The Kier molecular flexibility index (Phi) is 4.59. The predicted octanol–water partition coefficient (Wildman–Crippen LogP) is 2.96. The molecule has 0 aliphatic heterocycles. The SMILES string of the molecule is N#CCn1cc(Nc2ncc(Cl)c(-c3ccc(C(=O)O)cc3)n2)cn1. The highest BCUT2D eigenvalue weighted by Gasteiger charge is 2.10. The van der Waals surface area contributed by atoms with Crippen molar-refractivity contribution in [3.8, 4) is 17.3 Å². The predicted molar refractivity (Wildman–Crippen MR) is 90.6 cm³/mol. The molecule has 0 fully saturated rings. The monoisotopic (exact) mass is 354 g/mol. The van der Waals surface area contributed by atoms with E-state index in [9.17, 15) is 4.79 Å². The zero-order chi connectivity index (χ0) is 17.8. The lowest BCUT2D eigenvalue weighted by Gasteiger charge is -2.07. The number of rotatable bonds is 5. The van der Waals surface area contributed by atoms with Gasteiger partial charge in [0.15, 0.2) is 0 Å². The lowest BCUT2D eigenvalue weighted by molar-refractivity contribution is 0.0697. The first kappa shape index (κ1) is 16.4. The van der Waals surface area contributed by atoms with Gasteiger partial charge in [0, 0.05) is 11.8 Å². The second kappa shape index (κ2) is 6.98. The molecule has 2 heterocycles. The van der Waals surface area contributed by atoms with Gasteiger partial charge in [-0.05, 0) is 12.1 Å². The molecule has 3 rings (SSSR count). The maximum absolute atomic E-state index is 10.9. The summed E-state index contributed by atoms with van der Waals surface area (Å²) in [5, 5.41) is 25.0. The van der Waals surface area contributed by atoms with Crippen LogP contribution in [0.5, 0.6) is 0 Å². The summed E-state index contributed by atoms with van der Waals surface area (Å²) in [4.78, 5) is 19.4. The summed E-state index contributed by atoms with van der Waals surface area (Å²) < 4.78 is 1.48. The number of nitriles is 1. The molecule has 0 aliphatic rings. The number of hydrogen-bond donors (Lipinski definition) is 2. The van der Waals surface area contributed by atoms with Crippen LogP contribution >= 0.6 is 11.6 Å². The van der Waals surface area contributed by atoms with Gasteiger partial charge in [-0.1, -0.05) is 23.7 Å². The lowest BCUT2D eigenvalue weighted by atomic mass is 10.1. The third kappa shape index (κ3) is 3.73. The van der Waals surface area contributed by atoms with Crippen LogP contribution in [0.15, 0.2) is 42.9 Å². The van der Waals surface area contributed by atoms with Gasteiger partial charge in [0.1, 0.15) is 6.54 Å². The van der Waals surface area contributed by atoms with Gasteiger partial charge >= 0.3 is 5.97 Å². The van der Waals surface area contributed by atoms with Gasteiger partial charge in [0.25, 0.3) is 0 Å². The first-order valence-electron chi connectivity index (χ1n) is 7.09. The number of aromatic nitrogens is 4. The van der Waals surface area contributed by atoms with E-state index >= 15 is 0 Å². The summed E-state index contributed by atoms with van der Waals surface area (Å²) in [7, 11) is 0. The normalized spacial score (nSPS) is 10.2. The molecule has 0 atom stereocenters. The van der Waals surface area contributed by atoms with E-state index in [1.54, 1.807) is 24.5 Å². The molecule has 0 spiro atoms. The summed E-state index contributed by atoms with van der Waals surface area (Å²) in [6.45, 7) is 0.143. The second-order valence-corrected chi connectivity index (χ2v) is 5.39. The Morgan fingerprint density at radius 2 is 2.08 bits per heavy atom. The molecule has 0 amide bonds. The molecule has 0 bridgehead atoms. The van der Waals surface area contributed by atoms with Crippen molar-refractivity contribution >= 4 is 29.2 Å². The van der Waals surface area contributed by atoms with Gasteiger partial charge in [-0.3, -0.25) is 4.68 Å². The fourth-order valence-corrected chi connectivity index (χ4v) is 2.32.